The first kappa shape index (κ1) is 22.5. The van der Waals surface area contributed by atoms with Crippen LogP contribution in [-0.2, 0) is 17.8 Å². The fourth-order valence-electron chi connectivity index (χ4n) is 4.40. The Hall–Kier alpha value is -3.33. The molecule has 3 heterocycles. The Kier molecular flexibility index (Phi) is 6.03. The maximum Gasteiger partial charge on any atom is 0.401 e. The Morgan fingerprint density at radius 2 is 2.12 bits per heavy atom. The second-order valence-electron chi connectivity index (χ2n) is 8.98. The van der Waals surface area contributed by atoms with E-state index in [2.05, 4.69) is 21.9 Å². The number of alkyl halides is 3. The average Bonchev–Trinajstić information content (AvgIpc) is 3.53. The lowest BCUT2D eigenvalue weighted by atomic mass is 9.99. The van der Waals surface area contributed by atoms with Gasteiger partial charge >= 0.3 is 6.18 Å². The van der Waals surface area contributed by atoms with E-state index in [-0.39, 0.29) is 12.5 Å². The zero-order chi connectivity index (χ0) is 23.7. The van der Waals surface area contributed by atoms with Crippen molar-refractivity contribution in [3.63, 3.8) is 0 Å². The molecule has 1 aliphatic carbocycles. The number of carbonyl (C=O) groups excluding carboxylic acids is 1. The molecule has 0 atom stereocenters. The van der Waals surface area contributed by atoms with Crippen LogP contribution in [0.2, 0.25) is 0 Å². The summed E-state index contributed by atoms with van der Waals surface area (Å²) in [7, 11) is 0. The second kappa shape index (κ2) is 9.13. The van der Waals surface area contributed by atoms with Crippen LogP contribution >= 0.6 is 0 Å². The Balaban J connectivity index is 1.24. The van der Waals surface area contributed by atoms with Gasteiger partial charge in [-0.3, -0.25) is 14.4 Å². The summed E-state index contributed by atoms with van der Waals surface area (Å²) in [5.41, 5.74) is 5.53. The lowest BCUT2D eigenvalue weighted by Gasteiger charge is -2.29. The third-order valence-electron chi connectivity index (χ3n) is 6.24. The fourth-order valence-corrected chi connectivity index (χ4v) is 4.40. The number of fused-ring (bicyclic) bond motifs is 1. The molecule has 1 aromatic heterocycles. The largest absolute Gasteiger partial charge is 0.401 e. The Morgan fingerprint density at radius 1 is 1.26 bits per heavy atom. The number of hydrogen-bond donors (Lipinski definition) is 2. The molecule has 2 aliphatic heterocycles. The van der Waals surface area contributed by atoms with Crippen LogP contribution in [0.15, 0.2) is 60.6 Å². The monoisotopic (exact) mass is 469 g/mol. The molecule has 2 aromatic rings. The molecule has 6 nitrogen and oxygen atoms in total. The molecule has 34 heavy (non-hydrogen) atoms. The van der Waals surface area contributed by atoms with Crippen LogP contribution in [-0.4, -0.2) is 46.4 Å². The summed E-state index contributed by atoms with van der Waals surface area (Å²) < 4.78 is 40.0. The molecule has 0 unspecified atom stereocenters. The lowest BCUT2D eigenvalue weighted by molar-refractivity contribution is -0.147. The number of allylic oxidation sites excluding steroid dienone is 2. The minimum Gasteiger partial charge on any atom is -0.387 e. The van der Waals surface area contributed by atoms with Gasteiger partial charge in [0.05, 0.1) is 18.8 Å². The normalized spacial score (nSPS) is 18.8. The summed E-state index contributed by atoms with van der Waals surface area (Å²) in [6.07, 6.45) is 9.76. The summed E-state index contributed by atoms with van der Waals surface area (Å²) in [5, 5.41) is 10.5. The number of dihydropyridines is 1. The predicted molar refractivity (Wildman–Crippen MR) is 124 cm³/mol. The van der Waals surface area contributed by atoms with E-state index in [9.17, 15) is 18.0 Å². The van der Waals surface area contributed by atoms with Gasteiger partial charge in [0.15, 0.2) is 0 Å². The highest BCUT2D eigenvalue weighted by Gasteiger charge is 2.32. The van der Waals surface area contributed by atoms with Crippen molar-refractivity contribution in [1.82, 2.24) is 20.0 Å². The number of halogens is 3. The van der Waals surface area contributed by atoms with Crippen molar-refractivity contribution < 1.29 is 18.0 Å². The number of hydrogen-bond acceptors (Lipinski definition) is 4. The molecule has 2 N–H and O–H groups in total. The minimum atomic E-state index is -4.20. The van der Waals surface area contributed by atoms with Crippen molar-refractivity contribution in [2.45, 2.75) is 38.0 Å². The van der Waals surface area contributed by atoms with Gasteiger partial charge in [0.25, 0.3) is 0 Å². The smallest absolute Gasteiger partial charge is 0.387 e. The summed E-state index contributed by atoms with van der Waals surface area (Å²) in [6, 6.07) is 5.90. The van der Waals surface area contributed by atoms with Crippen LogP contribution in [0.3, 0.4) is 0 Å². The van der Waals surface area contributed by atoms with Gasteiger partial charge in [-0.2, -0.15) is 18.3 Å². The summed E-state index contributed by atoms with van der Waals surface area (Å²) in [4.78, 5) is 14.0. The number of anilines is 1. The quantitative estimate of drug-likeness (QED) is 0.623. The van der Waals surface area contributed by atoms with Gasteiger partial charge in [-0.1, -0.05) is 12.1 Å². The Morgan fingerprint density at radius 3 is 2.91 bits per heavy atom. The van der Waals surface area contributed by atoms with E-state index in [0.29, 0.717) is 31.2 Å². The van der Waals surface area contributed by atoms with Gasteiger partial charge in [-0.25, -0.2) is 0 Å². The molecule has 178 valence electrons. The average molecular weight is 470 g/mol. The van der Waals surface area contributed by atoms with Crippen LogP contribution in [0.5, 0.6) is 0 Å². The van der Waals surface area contributed by atoms with Crippen molar-refractivity contribution in [1.29, 1.82) is 0 Å². The van der Waals surface area contributed by atoms with E-state index in [1.807, 2.05) is 35.3 Å². The first-order chi connectivity index (χ1) is 16.3. The van der Waals surface area contributed by atoms with Crippen LogP contribution in [0.25, 0.3) is 5.57 Å². The van der Waals surface area contributed by atoms with E-state index in [1.165, 1.54) is 23.8 Å². The van der Waals surface area contributed by atoms with Crippen molar-refractivity contribution in [2.24, 2.45) is 0 Å². The number of rotatable bonds is 6. The van der Waals surface area contributed by atoms with Crippen LogP contribution in [0.4, 0.5) is 18.9 Å². The Labute approximate surface area is 195 Å². The number of nitrogens with one attached hydrogen (secondary N) is 2. The molecule has 0 radical (unpaired) electrons. The molecule has 1 saturated carbocycles. The van der Waals surface area contributed by atoms with Crippen molar-refractivity contribution in [3.8, 4) is 0 Å². The summed E-state index contributed by atoms with van der Waals surface area (Å²) in [5.74, 6) is -0.260. The molecule has 0 spiro atoms. The van der Waals surface area contributed by atoms with Crippen LogP contribution in [0.1, 0.15) is 35.6 Å². The number of amides is 1. The van der Waals surface area contributed by atoms with E-state index < -0.39 is 12.7 Å². The van der Waals surface area contributed by atoms with Crippen molar-refractivity contribution in [3.05, 3.63) is 77.3 Å². The van der Waals surface area contributed by atoms with Gasteiger partial charge in [0.2, 0.25) is 5.91 Å². The molecular formula is C25H26F3N5O. The topological polar surface area (TPSA) is 62.2 Å². The number of carbonyl (C=O) groups is 1. The van der Waals surface area contributed by atoms with E-state index in [0.717, 1.165) is 27.8 Å². The van der Waals surface area contributed by atoms with Gasteiger partial charge in [0, 0.05) is 43.2 Å². The fraction of sp³-hybridized carbons (Fsp3) is 0.360. The van der Waals surface area contributed by atoms with E-state index >= 15 is 0 Å². The zero-order valence-corrected chi connectivity index (χ0v) is 18.6. The lowest BCUT2D eigenvalue weighted by Crippen LogP contribution is -2.37. The van der Waals surface area contributed by atoms with Gasteiger partial charge in [-0.15, -0.1) is 0 Å². The molecular weight excluding hydrogens is 443 g/mol. The number of benzene rings is 1. The highest BCUT2D eigenvalue weighted by atomic mass is 19.4. The highest BCUT2D eigenvalue weighted by Crippen LogP contribution is 2.35. The molecule has 5 rings (SSSR count). The molecule has 0 saturated heterocycles. The number of aromatic nitrogens is 2. The van der Waals surface area contributed by atoms with Crippen molar-refractivity contribution >= 4 is 17.2 Å². The van der Waals surface area contributed by atoms with Gasteiger partial charge in [-0.05, 0) is 65.9 Å². The van der Waals surface area contributed by atoms with Crippen LogP contribution < -0.4 is 10.6 Å². The zero-order valence-electron chi connectivity index (χ0n) is 18.6. The third kappa shape index (κ3) is 5.41. The first-order valence-electron chi connectivity index (χ1n) is 11.4. The molecule has 9 heteroatoms. The van der Waals surface area contributed by atoms with Crippen LogP contribution in [0, 0.1) is 0 Å². The summed E-state index contributed by atoms with van der Waals surface area (Å²) in [6.45, 7) is 0.312. The maximum atomic E-state index is 12.7. The maximum absolute atomic E-state index is 12.7. The molecule has 0 bridgehead atoms. The Bertz CT molecular complexity index is 1170. The SMILES string of the molecule is O=C(/C=C/C1=C(c2cnn(C3CC3)c2)C=CNC1)Nc1ccc2c(c1)CCN(CC(F)(F)F)C2. The standard InChI is InChI=1S/C25H26F3N5O/c26-25(27,28)16-32-10-8-17-11-21(3-1-19(17)14-32)31-24(34)6-2-18-12-29-9-7-23(18)20-13-30-33(15-20)22-4-5-22/h1-3,6-7,9,11,13,15,22,29H,4-5,8,10,12,14,16H2,(H,31,34)/b6-2+. The van der Waals surface area contributed by atoms with E-state index in [4.69, 9.17) is 0 Å². The van der Waals surface area contributed by atoms with Crippen molar-refractivity contribution in [2.75, 3.05) is 25.0 Å². The van der Waals surface area contributed by atoms with Gasteiger partial charge in [0.1, 0.15) is 0 Å². The van der Waals surface area contributed by atoms with Gasteiger partial charge < -0.3 is 10.6 Å². The minimum absolute atomic E-state index is 0.260. The first-order valence-corrected chi connectivity index (χ1v) is 11.4. The molecule has 1 aromatic carbocycles. The number of nitrogens with zero attached hydrogens (tertiary/aromatic N) is 3. The molecule has 1 amide bonds. The molecule has 3 aliphatic rings. The third-order valence-corrected chi connectivity index (χ3v) is 6.24. The highest BCUT2D eigenvalue weighted by molar-refractivity contribution is 6.00. The summed E-state index contributed by atoms with van der Waals surface area (Å²) >= 11 is 0. The second-order valence-corrected chi connectivity index (χ2v) is 8.98. The predicted octanol–water partition coefficient (Wildman–Crippen LogP) is 4.20. The molecule has 1 fully saturated rings. The van der Waals surface area contributed by atoms with E-state index in [1.54, 1.807) is 12.1 Å².